The lowest BCUT2D eigenvalue weighted by molar-refractivity contribution is -0.160. The highest BCUT2D eigenvalue weighted by atomic mass is 35.5. The van der Waals surface area contributed by atoms with Crippen LogP contribution in [0.2, 0.25) is 5.02 Å². The molecule has 360 valence electrons. The van der Waals surface area contributed by atoms with Crippen LogP contribution in [0.3, 0.4) is 0 Å². The van der Waals surface area contributed by atoms with Crippen molar-refractivity contribution in [2.24, 2.45) is 23.7 Å². The van der Waals surface area contributed by atoms with Crippen molar-refractivity contribution in [1.29, 1.82) is 0 Å². The molecule has 3 heterocycles. The van der Waals surface area contributed by atoms with Crippen LogP contribution in [0.4, 0.5) is 5.69 Å². The Balaban J connectivity index is 1.58. The fourth-order valence-electron chi connectivity index (χ4n) is 8.52. The number of nitrogens with one attached hydrogen (secondary N) is 2. The number of carbonyl (C=O) groups excluding carboxylic acids is 6. The number of fused-ring (bicyclic) bond motifs is 14. The molecule has 4 aliphatic rings. The molecule has 3 aliphatic heterocycles. The molecule has 9 unspecified atom stereocenters. The highest BCUT2D eigenvalue weighted by molar-refractivity contribution is 6.34. The number of hydrogen-bond donors (Lipinski definition) is 4. The smallest absolute Gasteiger partial charge is 0.345 e. The van der Waals surface area contributed by atoms with E-state index in [9.17, 15) is 29.4 Å². The molecule has 0 saturated carbocycles. The van der Waals surface area contributed by atoms with E-state index >= 15 is 9.59 Å². The van der Waals surface area contributed by atoms with E-state index in [-0.39, 0.29) is 38.7 Å². The standard InChI is InChI=1S/C51H55ClN2O14/c1-24-14-13-15-25(2)49(61)54-40-39(53-31-18-20-32(63-9)21-19-31)43(58)36-37(44(40)59)46(67-50(62)33-16-11-12-17-34(33)52)29(6)47-38(36)48(60)51(8,68-47)65-23-22-35(64-10)26(3)45(66-30(7)55)28(5)42(57)27(4)41(24)56/h11-24,26-28,35,41-42,45,53,56-57H,1-10H3,(H,54,61). The van der Waals surface area contributed by atoms with Crippen LogP contribution in [0.25, 0.3) is 0 Å². The number of ketones is 3. The third-order valence-electron chi connectivity index (χ3n) is 12.6. The van der Waals surface area contributed by atoms with Crippen molar-refractivity contribution in [2.75, 3.05) is 19.5 Å². The molecule has 0 aromatic heterocycles. The lowest BCUT2D eigenvalue weighted by Crippen LogP contribution is -2.46. The summed E-state index contributed by atoms with van der Waals surface area (Å²) in [5.41, 5.74) is -2.13. The van der Waals surface area contributed by atoms with Crippen LogP contribution in [0.15, 0.2) is 96.1 Å². The Morgan fingerprint density at radius 1 is 0.853 bits per heavy atom. The highest BCUT2D eigenvalue weighted by Crippen LogP contribution is 2.49. The molecular formula is C51H55ClN2O14. The minimum atomic E-state index is -2.21. The van der Waals surface area contributed by atoms with Gasteiger partial charge >= 0.3 is 17.7 Å². The largest absolute Gasteiger partial charge is 0.497 e. The SMILES string of the molecule is COc1ccc(NC2=C3NC(=O)C(C)=CC=CC(C)C(O)C(C)C(O)C(C)C(OC(C)=O)C(C)C(OC)C=COC4(C)Oc5c(C)c(OC(=O)c6ccccc6Cl)c(c(c5C4=O)C2=O)C3=O)cc1. The molecule has 68 heavy (non-hydrogen) atoms. The maximum absolute atomic E-state index is 15.2. The van der Waals surface area contributed by atoms with E-state index in [0.29, 0.717) is 5.75 Å². The Labute approximate surface area is 398 Å². The van der Waals surface area contributed by atoms with Crippen molar-refractivity contribution in [3.63, 3.8) is 0 Å². The van der Waals surface area contributed by atoms with Crippen LogP contribution in [-0.4, -0.2) is 89.8 Å². The third kappa shape index (κ3) is 9.99. The molecule has 0 saturated heterocycles. The molecule has 9 atom stereocenters. The molecular weight excluding hydrogens is 900 g/mol. The summed E-state index contributed by atoms with van der Waals surface area (Å²) in [6.45, 7) is 12.2. The second kappa shape index (κ2) is 20.7. The Morgan fingerprint density at radius 3 is 2.16 bits per heavy atom. The second-order valence-corrected chi connectivity index (χ2v) is 17.7. The Kier molecular flexibility index (Phi) is 15.5. The van der Waals surface area contributed by atoms with Crippen molar-refractivity contribution >= 4 is 52.5 Å². The van der Waals surface area contributed by atoms with Gasteiger partial charge in [0.05, 0.1) is 59.0 Å². The zero-order valence-corrected chi connectivity index (χ0v) is 40.1. The molecule has 17 heteroatoms. The zero-order chi connectivity index (χ0) is 49.9. The molecule has 7 rings (SSSR count). The molecule has 16 nitrogen and oxygen atoms in total. The van der Waals surface area contributed by atoms with Crippen molar-refractivity contribution in [1.82, 2.24) is 5.32 Å². The summed E-state index contributed by atoms with van der Waals surface area (Å²) in [6.07, 6.45) is 3.06. The van der Waals surface area contributed by atoms with Crippen molar-refractivity contribution in [3.05, 3.63) is 129 Å². The number of ether oxygens (including phenoxy) is 6. The number of halogens is 1. The van der Waals surface area contributed by atoms with Crippen LogP contribution >= 0.6 is 11.6 Å². The van der Waals surface area contributed by atoms with Gasteiger partial charge in [0.25, 0.3) is 11.7 Å². The van der Waals surface area contributed by atoms with E-state index in [1.54, 1.807) is 70.2 Å². The number of anilines is 1. The first-order valence-electron chi connectivity index (χ1n) is 21.9. The number of esters is 2. The molecule has 1 aliphatic carbocycles. The molecule has 5 bridgehead atoms. The predicted octanol–water partition coefficient (Wildman–Crippen LogP) is 7.25. The van der Waals surface area contributed by atoms with Crippen molar-refractivity contribution in [2.45, 2.75) is 85.6 Å². The fourth-order valence-corrected chi connectivity index (χ4v) is 8.73. The quantitative estimate of drug-likeness (QED) is 0.135. The Morgan fingerprint density at radius 2 is 1.53 bits per heavy atom. The van der Waals surface area contributed by atoms with E-state index in [0.717, 1.165) is 6.26 Å². The lowest BCUT2D eigenvalue weighted by Gasteiger charge is -2.38. The van der Waals surface area contributed by atoms with Gasteiger partial charge in [-0.25, -0.2) is 4.79 Å². The first-order chi connectivity index (χ1) is 32.1. The van der Waals surface area contributed by atoms with E-state index in [1.165, 1.54) is 72.3 Å². The van der Waals surface area contributed by atoms with E-state index < -0.39 is 117 Å². The Bertz CT molecular complexity index is 2650. The molecule has 4 N–H and O–H groups in total. The summed E-state index contributed by atoms with van der Waals surface area (Å²) in [6, 6.07) is 12.3. The van der Waals surface area contributed by atoms with Crippen LogP contribution in [0.5, 0.6) is 17.2 Å². The van der Waals surface area contributed by atoms with Gasteiger partial charge in [-0.15, -0.1) is 0 Å². The third-order valence-corrected chi connectivity index (χ3v) is 12.9. The monoisotopic (exact) mass is 954 g/mol. The summed E-state index contributed by atoms with van der Waals surface area (Å²) < 4.78 is 35.1. The normalized spacial score (nSPS) is 26.6. The highest BCUT2D eigenvalue weighted by Gasteiger charge is 2.53. The summed E-state index contributed by atoms with van der Waals surface area (Å²) in [7, 11) is 2.88. The molecule has 1 amide bonds. The topological polar surface area (TPSA) is 222 Å². The maximum Gasteiger partial charge on any atom is 0.345 e. The van der Waals surface area contributed by atoms with Gasteiger partial charge in [0.15, 0.2) is 0 Å². The number of Topliss-reactive ketones (excluding diaryl/α,β-unsaturated/α-hetero) is 3. The first kappa shape index (κ1) is 50.8. The summed E-state index contributed by atoms with van der Waals surface area (Å²) >= 11 is 6.39. The van der Waals surface area contributed by atoms with Crippen LogP contribution in [0.1, 0.15) is 95.5 Å². The van der Waals surface area contributed by atoms with Crippen LogP contribution in [-0.2, 0) is 23.8 Å². The minimum absolute atomic E-state index is 0.0235. The van der Waals surface area contributed by atoms with Gasteiger partial charge < -0.3 is 49.3 Å². The summed E-state index contributed by atoms with van der Waals surface area (Å²) in [4.78, 5) is 85.7. The van der Waals surface area contributed by atoms with Gasteiger partial charge in [-0.1, -0.05) is 69.7 Å². The van der Waals surface area contributed by atoms with Gasteiger partial charge in [0.2, 0.25) is 11.6 Å². The molecule has 3 aromatic rings. The molecule has 0 spiro atoms. The number of aliphatic hydroxyl groups excluding tert-OH is 2. The number of rotatable bonds is 7. The van der Waals surface area contributed by atoms with E-state index in [2.05, 4.69) is 10.6 Å². The molecule has 3 aromatic carbocycles. The number of aliphatic hydroxyl groups is 2. The average Bonchev–Trinajstić information content (AvgIpc) is 3.58. The fraction of sp³-hybridized carbons (Fsp3) is 0.373. The van der Waals surface area contributed by atoms with Crippen molar-refractivity contribution < 1.29 is 67.4 Å². The summed E-state index contributed by atoms with van der Waals surface area (Å²) in [5, 5.41) is 28.6. The molecule has 0 fully saturated rings. The predicted molar refractivity (Wildman–Crippen MR) is 250 cm³/mol. The van der Waals surface area contributed by atoms with Crippen LogP contribution in [0, 0.1) is 30.6 Å². The minimum Gasteiger partial charge on any atom is -0.497 e. The Hall–Kier alpha value is -6.59. The average molecular weight is 955 g/mol. The number of allylic oxidation sites excluding steroid dienone is 4. The number of carbonyl (C=O) groups is 6. The lowest BCUT2D eigenvalue weighted by atomic mass is 9.78. The van der Waals surface area contributed by atoms with E-state index in [4.69, 9.17) is 40.0 Å². The maximum atomic E-state index is 15.2. The molecule has 0 radical (unpaired) electrons. The number of benzene rings is 3. The van der Waals surface area contributed by atoms with Gasteiger partial charge in [0.1, 0.15) is 34.7 Å². The first-order valence-corrected chi connectivity index (χ1v) is 22.3. The zero-order valence-electron chi connectivity index (χ0n) is 39.3. The van der Waals surface area contributed by atoms with Gasteiger partial charge in [-0.05, 0) is 56.3 Å². The van der Waals surface area contributed by atoms with Gasteiger partial charge in [-0.3, -0.25) is 24.0 Å². The van der Waals surface area contributed by atoms with Crippen molar-refractivity contribution in [3.8, 4) is 17.2 Å². The number of hydrogen-bond acceptors (Lipinski definition) is 15. The van der Waals surface area contributed by atoms with Gasteiger partial charge in [-0.2, -0.15) is 0 Å². The van der Waals surface area contributed by atoms with Crippen LogP contribution < -0.4 is 24.8 Å². The summed E-state index contributed by atoms with van der Waals surface area (Å²) in [5.74, 6) is -10.4. The number of methoxy groups -OCH3 is 2. The number of amides is 1. The van der Waals surface area contributed by atoms with E-state index in [1.807, 2.05) is 0 Å². The van der Waals surface area contributed by atoms with Gasteiger partial charge in [0, 0.05) is 61.5 Å². The second-order valence-electron chi connectivity index (χ2n) is 17.2.